The van der Waals surface area contributed by atoms with Crippen molar-refractivity contribution in [2.75, 3.05) is 13.1 Å². The van der Waals surface area contributed by atoms with Crippen LogP contribution in [0.3, 0.4) is 0 Å². The van der Waals surface area contributed by atoms with Crippen molar-refractivity contribution in [1.82, 2.24) is 10.6 Å². The van der Waals surface area contributed by atoms with Crippen LogP contribution in [0, 0.1) is 5.92 Å². The largest absolute Gasteiger partial charge is 0.481 e. The van der Waals surface area contributed by atoms with Crippen LogP contribution >= 0.6 is 0 Å². The first kappa shape index (κ1) is 28.6. The molecule has 0 saturated carbocycles. The van der Waals surface area contributed by atoms with Crippen LogP contribution in [0.25, 0.3) is 11.1 Å². The molecule has 200 valence electrons. The summed E-state index contributed by atoms with van der Waals surface area (Å²) in [5.41, 5.74) is 5.94. The zero-order chi connectivity index (χ0) is 27.2. The van der Waals surface area contributed by atoms with Gasteiger partial charge in [0.1, 0.15) is 0 Å². The van der Waals surface area contributed by atoms with Crippen molar-refractivity contribution in [3.63, 3.8) is 0 Å². The molecular weight excluding hydrogens is 476 g/mol. The quantitative estimate of drug-likeness (QED) is 0.260. The average Bonchev–Trinajstić information content (AvgIpc) is 2.92. The molecule has 38 heavy (non-hydrogen) atoms. The summed E-state index contributed by atoms with van der Waals surface area (Å²) in [7, 11) is 0. The Morgan fingerprint density at radius 2 is 1.32 bits per heavy atom. The molecule has 3 rings (SSSR count). The summed E-state index contributed by atoms with van der Waals surface area (Å²) in [6.07, 6.45) is 4.53. The molecule has 0 bridgehead atoms. The van der Waals surface area contributed by atoms with E-state index in [9.17, 15) is 19.5 Å². The monoisotopic (exact) mass is 514 g/mol. The molecule has 0 spiro atoms. The molecule has 1 atom stereocenters. The van der Waals surface area contributed by atoms with Crippen LogP contribution in [0.5, 0.6) is 0 Å². The van der Waals surface area contributed by atoms with Crippen molar-refractivity contribution in [3.8, 4) is 11.1 Å². The number of carboxylic acid groups (broad SMARTS) is 1. The van der Waals surface area contributed by atoms with E-state index < -0.39 is 17.8 Å². The summed E-state index contributed by atoms with van der Waals surface area (Å²) in [4.78, 5) is 36.1. The third kappa shape index (κ3) is 9.85. The summed E-state index contributed by atoms with van der Waals surface area (Å²) in [5, 5.41) is 14.7. The van der Waals surface area contributed by atoms with Crippen LogP contribution in [0.1, 0.15) is 49.3 Å². The number of amides is 2. The number of benzene rings is 3. The molecule has 1 unspecified atom stereocenters. The van der Waals surface area contributed by atoms with Crippen molar-refractivity contribution in [3.05, 3.63) is 95.6 Å². The number of carbonyl (C=O) groups excluding carboxylic acids is 2. The van der Waals surface area contributed by atoms with E-state index >= 15 is 0 Å². The van der Waals surface area contributed by atoms with Crippen molar-refractivity contribution >= 4 is 17.8 Å². The van der Waals surface area contributed by atoms with E-state index in [2.05, 4.69) is 66.1 Å². The van der Waals surface area contributed by atoms with Gasteiger partial charge in [0.25, 0.3) is 0 Å². The predicted molar refractivity (Wildman–Crippen MR) is 151 cm³/mol. The highest BCUT2D eigenvalue weighted by molar-refractivity contribution is 5.87. The highest BCUT2D eigenvalue weighted by Crippen LogP contribution is 2.22. The maximum atomic E-state index is 12.6. The first-order valence-corrected chi connectivity index (χ1v) is 13.4. The molecule has 0 fully saturated rings. The minimum atomic E-state index is -1.02. The summed E-state index contributed by atoms with van der Waals surface area (Å²) in [5.74, 6) is -2.38. The fourth-order valence-electron chi connectivity index (χ4n) is 4.47. The fourth-order valence-corrected chi connectivity index (χ4v) is 4.47. The molecule has 0 saturated heterocycles. The Labute approximate surface area is 225 Å². The van der Waals surface area contributed by atoms with Gasteiger partial charge in [-0.15, -0.1) is 0 Å². The van der Waals surface area contributed by atoms with E-state index in [1.54, 1.807) is 0 Å². The molecule has 0 aliphatic rings. The van der Waals surface area contributed by atoms with Gasteiger partial charge in [-0.3, -0.25) is 14.4 Å². The van der Waals surface area contributed by atoms with Gasteiger partial charge in [-0.05, 0) is 59.9 Å². The van der Waals surface area contributed by atoms with Crippen LogP contribution < -0.4 is 10.6 Å². The molecule has 0 radical (unpaired) electrons. The van der Waals surface area contributed by atoms with E-state index in [4.69, 9.17) is 0 Å². The Morgan fingerprint density at radius 3 is 1.89 bits per heavy atom. The second kappa shape index (κ2) is 15.4. The van der Waals surface area contributed by atoms with Crippen LogP contribution in [0.4, 0.5) is 0 Å². The average molecular weight is 515 g/mol. The lowest BCUT2D eigenvalue weighted by Gasteiger charge is -2.15. The maximum Gasteiger partial charge on any atom is 0.304 e. The van der Waals surface area contributed by atoms with Crippen LogP contribution in [-0.4, -0.2) is 36.0 Å². The van der Waals surface area contributed by atoms with Gasteiger partial charge in [-0.25, -0.2) is 0 Å². The lowest BCUT2D eigenvalue weighted by Crippen LogP contribution is -2.40. The zero-order valence-electron chi connectivity index (χ0n) is 22.1. The highest BCUT2D eigenvalue weighted by atomic mass is 16.4. The lowest BCUT2D eigenvalue weighted by atomic mass is 9.95. The van der Waals surface area contributed by atoms with Crippen LogP contribution in [-0.2, 0) is 33.6 Å². The van der Waals surface area contributed by atoms with Gasteiger partial charge in [-0.1, -0.05) is 92.2 Å². The molecule has 0 aliphatic heterocycles. The van der Waals surface area contributed by atoms with Crippen molar-refractivity contribution in [1.29, 1.82) is 0 Å². The van der Waals surface area contributed by atoms with Crippen LogP contribution in [0.15, 0.2) is 78.9 Å². The van der Waals surface area contributed by atoms with E-state index in [0.29, 0.717) is 25.8 Å². The Kier molecular flexibility index (Phi) is 11.6. The third-order valence-corrected chi connectivity index (χ3v) is 6.59. The Bertz CT molecular complexity index is 1160. The van der Waals surface area contributed by atoms with Gasteiger partial charge < -0.3 is 15.7 Å². The standard InChI is InChI=1S/C32H38N2O4/c1-2-7-24-12-16-27(17-13-24)28-18-14-26(15-19-28)10-6-11-29(22-31(36)37)32(38)34-23-30(35)33-21-20-25-8-4-3-5-9-25/h3-5,8-9,12-19,29H,2,6-7,10-11,20-23H2,1H3,(H,33,35)(H,34,38)(H,36,37). The van der Waals surface area contributed by atoms with Gasteiger partial charge in [0.15, 0.2) is 0 Å². The third-order valence-electron chi connectivity index (χ3n) is 6.59. The zero-order valence-corrected chi connectivity index (χ0v) is 22.1. The molecule has 0 aromatic heterocycles. The van der Waals surface area contributed by atoms with E-state index in [0.717, 1.165) is 36.0 Å². The van der Waals surface area contributed by atoms with Gasteiger partial charge in [-0.2, -0.15) is 0 Å². The molecule has 0 heterocycles. The summed E-state index contributed by atoms with van der Waals surface area (Å²) in [6, 6.07) is 26.8. The SMILES string of the molecule is CCCc1ccc(-c2ccc(CCCC(CC(=O)O)C(=O)NCC(=O)NCCc3ccccc3)cc2)cc1. The van der Waals surface area contributed by atoms with Crippen LogP contribution in [0.2, 0.25) is 0 Å². The van der Waals surface area contributed by atoms with Crippen molar-refractivity contribution in [2.24, 2.45) is 5.92 Å². The first-order valence-electron chi connectivity index (χ1n) is 13.4. The van der Waals surface area contributed by atoms with E-state index in [1.807, 2.05) is 30.3 Å². The number of carbonyl (C=O) groups is 3. The van der Waals surface area contributed by atoms with Crippen molar-refractivity contribution in [2.45, 2.75) is 51.9 Å². The van der Waals surface area contributed by atoms with Gasteiger partial charge in [0.05, 0.1) is 13.0 Å². The number of aryl methyl sites for hydroxylation is 2. The summed E-state index contributed by atoms with van der Waals surface area (Å²) < 4.78 is 0. The number of carboxylic acids is 1. The summed E-state index contributed by atoms with van der Waals surface area (Å²) >= 11 is 0. The van der Waals surface area contributed by atoms with Gasteiger partial charge in [0, 0.05) is 12.5 Å². The molecule has 6 nitrogen and oxygen atoms in total. The first-order chi connectivity index (χ1) is 18.4. The number of aliphatic carboxylic acids is 1. The van der Waals surface area contributed by atoms with E-state index in [1.165, 1.54) is 11.1 Å². The highest BCUT2D eigenvalue weighted by Gasteiger charge is 2.22. The number of hydrogen-bond donors (Lipinski definition) is 3. The van der Waals surface area contributed by atoms with Gasteiger partial charge >= 0.3 is 5.97 Å². The topological polar surface area (TPSA) is 95.5 Å². The molecular formula is C32H38N2O4. The number of hydrogen-bond acceptors (Lipinski definition) is 3. The molecule has 3 aromatic carbocycles. The Morgan fingerprint density at radius 1 is 0.737 bits per heavy atom. The molecule has 0 aliphatic carbocycles. The predicted octanol–water partition coefficient (Wildman–Crippen LogP) is 5.19. The molecule has 2 amide bonds. The fraction of sp³-hybridized carbons (Fsp3) is 0.344. The normalized spacial score (nSPS) is 11.5. The molecule has 6 heteroatoms. The molecule has 3 N–H and O–H groups in total. The lowest BCUT2D eigenvalue weighted by molar-refractivity contribution is -0.141. The van der Waals surface area contributed by atoms with E-state index in [-0.39, 0.29) is 18.9 Å². The summed E-state index contributed by atoms with van der Waals surface area (Å²) in [6.45, 7) is 2.49. The Hall–Kier alpha value is -3.93. The number of rotatable bonds is 15. The Balaban J connectivity index is 1.42. The molecule has 3 aromatic rings. The van der Waals surface area contributed by atoms with Crippen molar-refractivity contribution < 1.29 is 19.5 Å². The minimum absolute atomic E-state index is 0.162. The maximum absolute atomic E-state index is 12.6. The number of nitrogens with one attached hydrogen (secondary N) is 2. The second-order valence-electron chi connectivity index (χ2n) is 9.63. The second-order valence-corrected chi connectivity index (χ2v) is 9.63. The van der Waals surface area contributed by atoms with Gasteiger partial charge in [0.2, 0.25) is 11.8 Å². The smallest absolute Gasteiger partial charge is 0.304 e. The minimum Gasteiger partial charge on any atom is -0.481 e.